The third kappa shape index (κ3) is 3.42. The van der Waals surface area contributed by atoms with Crippen LogP contribution in [0.15, 0.2) is 133 Å². The van der Waals surface area contributed by atoms with Crippen LogP contribution in [0.3, 0.4) is 0 Å². The fraction of sp³-hybridized carbons (Fsp3) is 0.100. The number of nitrogens with zero attached hydrogens (tertiary/aromatic N) is 1. The third-order valence-corrected chi connectivity index (χ3v) is 9.50. The van der Waals surface area contributed by atoms with Crippen LogP contribution in [0, 0.1) is 0 Å². The second-order valence-electron chi connectivity index (χ2n) is 11.7. The van der Waals surface area contributed by atoms with Crippen LogP contribution in [0.4, 0.5) is 0 Å². The maximum atomic E-state index is 2.48. The van der Waals surface area contributed by atoms with Crippen molar-refractivity contribution in [3.63, 3.8) is 0 Å². The third-order valence-electron chi connectivity index (χ3n) is 9.50. The van der Waals surface area contributed by atoms with E-state index < -0.39 is 0 Å². The largest absolute Gasteiger partial charge is 0.309 e. The van der Waals surface area contributed by atoms with Gasteiger partial charge in [0.2, 0.25) is 0 Å². The molecule has 194 valence electrons. The van der Waals surface area contributed by atoms with E-state index >= 15 is 0 Å². The molecule has 1 unspecified atom stereocenters. The van der Waals surface area contributed by atoms with Crippen molar-refractivity contribution in [3.8, 4) is 39.1 Å². The molecule has 0 fully saturated rings. The van der Waals surface area contributed by atoms with Crippen molar-refractivity contribution >= 4 is 21.8 Å². The van der Waals surface area contributed by atoms with Crippen molar-refractivity contribution in [3.05, 3.63) is 150 Å². The van der Waals surface area contributed by atoms with E-state index in [1.165, 1.54) is 84.0 Å². The molecular weight excluding hydrogens is 494 g/mol. The van der Waals surface area contributed by atoms with Gasteiger partial charge in [-0.05, 0) is 112 Å². The monoisotopic (exact) mass is 523 g/mol. The lowest BCUT2D eigenvalue weighted by Gasteiger charge is -2.22. The smallest absolute Gasteiger partial charge is 0.0541 e. The second-order valence-corrected chi connectivity index (χ2v) is 11.7. The summed E-state index contributed by atoms with van der Waals surface area (Å²) in [4.78, 5) is 0. The average molecular weight is 524 g/mol. The van der Waals surface area contributed by atoms with Crippen LogP contribution in [0.1, 0.15) is 29.0 Å². The number of hydrogen-bond acceptors (Lipinski definition) is 0. The van der Waals surface area contributed by atoms with Crippen LogP contribution in [0.5, 0.6) is 0 Å². The van der Waals surface area contributed by atoms with Gasteiger partial charge in [-0.1, -0.05) is 97.1 Å². The van der Waals surface area contributed by atoms with Gasteiger partial charge in [-0.3, -0.25) is 0 Å². The molecule has 1 nitrogen and oxygen atoms in total. The summed E-state index contributed by atoms with van der Waals surface area (Å²) in [6.45, 7) is 0. The Bertz CT molecular complexity index is 2130. The Morgan fingerprint density at radius 2 is 1.22 bits per heavy atom. The molecule has 0 spiro atoms. The predicted octanol–water partition coefficient (Wildman–Crippen LogP) is 10.4. The van der Waals surface area contributed by atoms with Crippen LogP contribution < -0.4 is 0 Å². The first-order valence-electron chi connectivity index (χ1n) is 14.8. The molecule has 7 aromatic rings. The molecular formula is C40H29N. The summed E-state index contributed by atoms with van der Waals surface area (Å²) in [6.07, 6.45) is 3.44. The van der Waals surface area contributed by atoms with Crippen LogP contribution in [0.25, 0.3) is 60.9 Å². The van der Waals surface area contributed by atoms with Crippen molar-refractivity contribution in [1.82, 2.24) is 4.57 Å². The molecule has 0 saturated heterocycles. The molecule has 0 radical (unpaired) electrons. The lowest BCUT2D eigenvalue weighted by molar-refractivity contribution is 0.626. The van der Waals surface area contributed by atoms with E-state index in [0.717, 1.165) is 12.8 Å². The van der Waals surface area contributed by atoms with E-state index in [1.807, 2.05) is 0 Å². The molecule has 6 aromatic carbocycles. The molecule has 0 N–H and O–H groups in total. The van der Waals surface area contributed by atoms with E-state index in [0.29, 0.717) is 5.92 Å². The standard InChI is InChI=1S/C40H29N/c1-2-10-30(11-3-1)41-39-16-7-6-13-36(39)38-25-27(19-22-40(38)41)26-17-20-32-29-18-21-35-33(14-8-15-34(35)37(32)24-26)31-12-5-4-9-28(31)23-29/h1-17,19-20,22,24-25,29H,18,21,23H2. The van der Waals surface area contributed by atoms with E-state index in [4.69, 9.17) is 0 Å². The molecule has 1 heterocycles. The van der Waals surface area contributed by atoms with Gasteiger partial charge in [0.15, 0.2) is 0 Å². The van der Waals surface area contributed by atoms with Gasteiger partial charge in [-0.15, -0.1) is 0 Å². The summed E-state index contributed by atoms with van der Waals surface area (Å²) in [5, 5.41) is 2.59. The summed E-state index contributed by atoms with van der Waals surface area (Å²) < 4.78 is 2.39. The summed E-state index contributed by atoms with van der Waals surface area (Å²) in [6, 6.07) is 49.8. The summed E-state index contributed by atoms with van der Waals surface area (Å²) in [5.41, 5.74) is 16.4. The molecule has 2 aliphatic carbocycles. The van der Waals surface area contributed by atoms with Gasteiger partial charge >= 0.3 is 0 Å². The average Bonchev–Trinajstić information content (AvgIpc) is 3.28. The van der Waals surface area contributed by atoms with Gasteiger partial charge in [-0.2, -0.15) is 0 Å². The zero-order valence-corrected chi connectivity index (χ0v) is 22.8. The van der Waals surface area contributed by atoms with Crippen molar-refractivity contribution < 1.29 is 0 Å². The van der Waals surface area contributed by atoms with E-state index in [9.17, 15) is 0 Å². The first-order valence-corrected chi connectivity index (χ1v) is 14.8. The molecule has 9 rings (SSSR count). The number of para-hydroxylation sites is 2. The maximum Gasteiger partial charge on any atom is 0.0541 e. The topological polar surface area (TPSA) is 4.93 Å². The van der Waals surface area contributed by atoms with Crippen molar-refractivity contribution in [2.45, 2.75) is 25.2 Å². The number of hydrogen-bond donors (Lipinski definition) is 0. The Labute approximate surface area is 240 Å². The molecule has 1 aromatic heterocycles. The Morgan fingerprint density at radius 1 is 0.512 bits per heavy atom. The zero-order chi connectivity index (χ0) is 26.9. The predicted molar refractivity (Wildman–Crippen MR) is 172 cm³/mol. The van der Waals surface area contributed by atoms with E-state index in [2.05, 4.69) is 138 Å². The highest BCUT2D eigenvalue weighted by Crippen LogP contribution is 2.47. The van der Waals surface area contributed by atoms with Crippen molar-refractivity contribution in [2.24, 2.45) is 0 Å². The van der Waals surface area contributed by atoms with Crippen molar-refractivity contribution in [1.29, 1.82) is 0 Å². The lowest BCUT2D eigenvalue weighted by atomic mass is 9.82. The van der Waals surface area contributed by atoms with Crippen LogP contribution in [0.2, 0.25) is 0 Å². The van der Waals surface area contributed by atoms with Crippen LogP contribution in [-0.4, -0.2) is 4.57 Å². The number of fused-ring (bicyclic) bond motifs is 10. The molecule has 41 heavy (non-hydrogen) atoms. The first-order chi connectivity index (χ1) is 20.3. The summed E-state index contributed by atoms with van der Waals surface area (Å²) in [5.74, 6) is 0.534. The minimum Gasteiger partial charge on any atom is -0.309 e. The molecule has 1 heteroatoms. The van der Waals surface area contributed by atoms with Crippen molar-refractivity contribution in [2.75, 3.05) is 0 Å². The van der Waals surface area contributed by atoms with Gasteiger partial charge < -0.3 is 4.57 Å². The highest BCUT2D eigenvalue weighted by molar-refractivity contribution is 6.10. The summed E-state index contributed by atoms with van der Waals surface area (Å²) >= 11 is 0. The number of benzene rings is 6. The Morgan fingerprint density at radius 3 is 2.15 bits per heavy atom. The molecule has 2 bridgehead atoms. The Balaban J connectivity index is 1.25. The Hall–Kier alpha value is -4.88. The normalized spacial score (nSPS) is 15.3. The van der Waals surface area contributed by atoms with Gasteiger partial charge in [0, 0.05) is 16.5 Å². The number of rotatable bonds is 2. The zero-order valence-electron chi connectivity index (χ0n) is 22.8. The fourth-order valence-corrected chi connectivity index (χ4v) is 7.61. The molecule has 0 aliphatic heterocycles. The Kier molecular flexibility index (Phi) is 4.92. The molecule has 0 amide bonds. The lowest BCUT2D eigenvalue weighted by Crippen LogP contribution is -2.07. The van der Waals surface area contributed by atoms with Gasteiger partial charge in [0.1, 0.15) is 0 Å². The number of aromatic nitrogens is 1. The molecule has 0 saturated carbocycles. The minimum atomic E-state index is 0.534. The molecule has 1 atom stereocenters. The fourth-order valence-electron chi connectivity index (χ4n) is 7.61. The minimum absolute atomic E-state index is 0.534. The quantitative estimate of drug-likeness (QED) is 0.212. The SMILES string of the molecule is c1ccc(-n2c3ccccc3c3cc(-c4ccc5c(c4)-c4cccc6c4CCC5Cc4ccccc4-6)ccc32)cc1. The van der Waals surface area contributed by atoms with Crippen LogP contribution >= 0.6 is 0 Å². The molecule has 2 aliphatic rings. The highest BCUT2D eigenvalue weighted by atomic mass is 15.0. The van der Waals surface area contributed by atoms with E-state index in [-0.39, 0.29) is 0 Å². The van der Waals surface area contributed by atoms with Gasteiger partial charge in [-0.25, -0.2) is 0 Å². The van der Waals surface area contributed by atoms with Crippen LogP contribution in [-0.2, 0) is 12.8 Å². The second kappa shape index (κ2) is 8.81. The summed E-state index contributed by atoms with van der Waals surface area (Å²) in [7, 11) is 0. The van der Waals surface area contributed by atoms with Gasteiger partial charge in [0.05, 0.1) is 11.0 Å². The van der Waals surface area contributed by atoms with E-state index in [1.54, 1.807) is 0 Å². The maximum absolute atomic E-state index is 2.48. The first kappa shape index (κ1) is 22.9. The van der Waals surface area contributed by atoms with Gasteiger partial charge in [0.25, 0.3) is 0 Å². The highest BCUT2D eigenvalue weighted by Gasteiger charge is 2.28.